The highest BCUT2D eigenvalue weighted by molar-refractivity contribution is 9.10. The molecule has 0 saturated carbocycles. The number of anilines is 3. The number of morpholine rings is 1. The SMILES string of the molecule is N#Cc1cnc2c(Br)cc(NCc3cn(CCN4CCOCC4)nn3)cc2c1Nc1ccc(F)c(Cl)c1. The molecule has 0 radical (unpaired) electrons. The summed E-state index contributed by atoms with van der Waals surface area (Å²) in [5, 5.41) is 25.5. The molecule has 0 aliphatic carbocycles. The lowest BCUT2D eigenvalue weighted by Crippen LogP contribution is -2.38. The molecule has 4 aromatic rings. The van der Waals surface area contributed by atoms with E-state index in [9.17, 15) is 9.65 Å². The zero-order chi connectivity index (χ0) is 25.8. The highest BCUT2D eigenvalue weighted by Gasteiger charge is 2.15. The largest absolute Gasteiger partial charge is 0.379 e. The second kappa shape index (κ2) is 11.4. The maximum Gasteiger partial charge on any atom is 0.141 e. The summed E-state index contributed by atoms with van der Waals surface area (Å²) in [5.41, 5.74) is 3.74. The number of hydrogen-bond donors (Lipinski definition) is 2. The molecule has 0 bridgehead atoms. The van der Waals surface area contributed by atoms with Crippen LogP contribution in [0.1, 0.15) is 11.3 Å². The molecule has 1 saturated heterocycles. The second-order valence-electron chi connectivity index (χ2n) is 8.55. The summed E-state index contributed by atoms with van der Waals surface area (Å²) >= 11 is 9.55. The van der Waals surface area contributed by atoms with E-state index < -0.39 is 5.82 Å². The van der Waals surface area contributed by atoms with Gasteiger partial charge in [-0.1, -0.05) is 16.8 Å². The summed E-state index contributed by atoms with van der Waals surface area (Å²) in [6.45, 7) is 5.56. The van der Waals surface area contributed by atoms with Gasteiger partial charge in [-0.15, -0.1) is 5.10 Å². The number of nitrogens with one attached hydrogen (secondary N) is 2. The molecule has 5 rings (SSSR count). The maximum atomic E-state index is 13.6. The Kier molecular flexibility index (Phi) is 7.81. The van der Waals surface area contributed by atoms with Crippen molar-refractivity contribution in [1.82, 2.24) is 24.9 Å². The Morgan fingerprint density at radius 2 is 2.00 bits per heavy atom. The van der Waals surface area contributed by atoms with Crippen LogP contribution in [-0.2, 0) is 17.8 Å². The van der Waals surface area contributed by atoms with Crippen molar-refractivity contribution in [2.24, 2.45) is 0 Å². The van der Waals surface area contributed by atoms with E-state index in [4.69, 9.17) is 16.3 Å². The zero-order valence-electron chi connectivity index (χ0n) is 19.7. The van der Waals surface area contributed by atoms with Crippen molar-refractivity contribution in [3.8, 4) is 6.07 Å². The minimum absolute atomic E-state index is 0.0107. The fourth-order valence-corrected chi connectivity index (χ4v) is 4.83. The Morgan fingerprint density at radius 3 is 2.78 bits per heavy atom. The van der Waals surface area contributed by atoms with E-state index in [1.54, 1.807) is 6.07 Å². The Morgan fingerprint density at radius 1 is 1.16 bits per heavy atom. The Balaban J connectivity index is 1.34. The Labute approximate surface area is 226 Å². The summed E-state index contributed by atoms with van der Waals surface area (Å²) in [6, 6.07) is 10.3. The number of pyridine rings is 1. The van der Waals surface area contributed by atoms with Crippen LogP contribution in [0, 0.1) is 17.1 Å². The van der Waals surface area contributed by atoms with Crippen LogP contribution in [0.3, 0.4) is 0 Å². The van der Waals surface area contributed by atoms with Crippen molar-refractivity contribution < 1.29 is 9.13 Å². The summed E-state index contributed by atoms with van der Waals surface area (Å²) in [7, 11) is 0. The molecule has 2 aromatic carbocycles. The molecular formula is C25H23BrClFN8O. The molecule has 37 heavy (non-hydrogen) atoms. The number of rotatable bonds is 8. The first-order valence-corrected chi connectivity index (χ1v) is 12.8. The number of fused-ring (bicyclic) bond motifs is 1. The normalized spacial score (nSPS) is 14.0. The maximum absolute atomic E-state index is 13.6. The molecule has 1 aliphatic rings. The van der Waals surface area contributed by atoms with Gasteiger partial charge in [0.15, 0.2) is 0 Å². The van der Waals surface area contributed by atoms with Crippen LogP contribution in [0.4, 0.5) is 21.5 Å². The van der Waals surface area contributed by atoms with Crippen LogP contribution in [0.2, 0.25) is 5.02 Å². The fraction of sp³-hybridized carbons (Fsp3) is 0.280. The molecule has 0 amide bonds. The number of hydrogen-bond acceptors (Lipinski definition) is 8. The standard InChI is InChI=1S/C25H23BrClFN8O/c26-21-10-18(30-14-19-15-36(34-33-19)4-3-35-5-7-37-8-6-35)9-20-24(16(12-29)13-31-25(20)21)32-17-1-2-23(28)22(27)11-17/h1-2,9-11,13,15,30H,3-8,14H2,(H,31,32). The van der Waals surface area contributed by atoms with E-state index in [2.05, 4.69) is 52.8 Å². The third-order valence-electron chi connectivity index (χ3n) is 6.04. The Hall–Kier alpha value is -3.30. The molecule has 1 fully saturated rings. The Bertz CT molecular complexity index is 1470. The number of aromatic nitrogens is 4. The molecule has 0 unspecified atom stereocenters. The smallest absolute Gasteiger partial charge is 0.141 e. The van der Waals surface area contributed by atoms with Gasteiger partial charge in [0.05, 0.1) is 54.3 Å². The summed E-state index contributed by atoms with van der Waals surface area (Å²) in [5.74, 6) is -0.514. The van der Waals surface area contributed by atoms with Crippen LogP contribution in [0.25, 0.3) is 10.9 Å². The molecule has 12 heteroatoms. The van der Waals surface area contributed by atoms with Crippen LogP contribution in [-0.4, -0.2) is 57.7 Å². The molecule has 9 nitrogen and oxygen atoms in total. The van der Waals surface area contributed by atoms with Crippen molar-refractivity contribution in [1.29, 1.82) is 5.26 Å². The fourth-order valence-electron chi connectivity index (χ4n) is 4.09. The van der Waals surface area contributed by atoms with E-state index in [0.717, 1.165) is 55.2 Å². The quantitative estimate of drug-likeness (QED) is 0.300. The van der Waals surface area contributed by atoms with E-state index in [0.29, 0.717) is 34.4 Å². The first-order chi connectivity index (χ1) is 18.0. The number of nitrogens with zero attached hydrogens (tertiary/aromatic N) is 6. The zero-order valence-corrected chi connectivity index (χ0v) is 22.1. The first-order valence-electron chi connectivity index (χ1n) is 11.7. The van der Waals surface area contributed by atoms with Crippen molar-refractivity contribution in [2.45, 2.75) is 13.1 Å². The van der Waals surface area contributed by atoms with Crippen LogP contribution in [0.5, 0.6) is 0 Å². The van der Waals surface area contributed by atoms with Gasteiger partial charge in [0, 0.05) is 47.1 Å². The average molecular weight is 586 g/mol. The molecule has 190 valence electrons. The summed E-state index contributed by atoms with van der Waals surface area (Å²) in [6.07, 6.45) is 3.44. The average Bonchev–Trinajstić information content (AvgIpc) is 3.37. The molecule has 0 spiro atoms. The molecule has 0 atom stereocenters. The number of nitriles is 1. The van der Waals surface area contributed by atoms with Crippen molar-refractivity contribution in [3.05, 3.63) is 69.3 Å². The lowest BCUT2D eigenvalue weighted by atomic mass is 10.1. The van der Waals surface area contributed by atoms with Gasteiger partial charge in [-0.3, -0.25) is 14.6 Å². The van der Waals surface area contributed by atoms with Gasteiger partial charge in [0.1, 0.15) is 17.6 Å². The van der Waals surface area contributed by atoms with Gasteiger partial charge in [-0.2, -0.15) is 5.26 Å². The molecule has 3 heterocycles. The monoisotopic (exact) mass is 584 g/mol. The van der Waals surface area contributed by atoms with Crippen LogP contribution < -0.4 is 10.6 Å². The highest BCUT2D eigenvalue weighted by Crippen LogP contribution is 2.35. The summed E-state index contributed by atoms with van der Waals surface area (Å²) < 4.78 is 21.6. The lowest BCUT2D eigenvalue weighted by Gasteiger charge is -2.26. The van der Waals surface area contributed by atoms with E-state index >= 15 is 0 Å². The number of benzene rings is 2. The molecule has 2 aromatic heterocycles. The van der Waals surface area contributed by atoms with Gasteiger partial charge in [-0.25, -0.2) is 4.39 Å². The topological polar surface area (TPSA) is 104 Å². The van der Waals surface area contributed by atoms with Gasteiger partial charge in [0.25, 0.3) is 0 Å². The van der Waals surface area contributed by atoms with E-state index in [1.165, 1.54) is 18.3 Å². The minimum atomic E-state index is -0.514. The summed E-state index contributed by atoms with van der Waals surface area (Å²) in [4.78, 5) is 6.80. The van der Waals surface area contributed by atoms with Crippen LogP contribution >= 0.6 is 27.5 Å². The highest BCUT2D eigenvalue weighted by atomic mass is 79.9. The third-order valence-corrected chi connectivity index (χ3v) is 6.94. The second-order valence-corrected chi connectivity index (χ2v) is 9.81. The third kappa shape index (κ3) is 5.99. The number of halogens is 3. The van der Waals surface area contributed by atoms with Crippen LogP contribution in [0.15, 0.2) is 47.2 Å². The predicted octanol–water partition coefficient (Wildman–Crippen LogP) is 4.94. The molecule has 2 N–H and O–H groups in total. The first kappa shape index (κ1) is 25.4. The van der Waals surface area contributed by atoms with Crippen molar-refractivity contribution in [2.75, 3.05) is 43.5 Å². The number of ether oxygens (including phenoxy) is 1. The van der Waals surface area contributed by atoms with Gasteiger partial charge in [0.2, 0.25) is 0 Å². The van der Waals surface area contributed by atoms with Crippen molar-refractivity contribution in [3.63, 3.8) is 0 Å². The van der Waals surface area contributed by atoms with E-state index in [1.807, 2.05) is 23.0 Å². The van der Waals surface area contributed by atoms with Gasteiger partial charge in [-0.05, 0) is 46.3 Å². The van der Waals surface area contributed by atoms with Gasteiger partial charge < -0.3 is 15.4 Å². The molecule has 1 aliphatic heterocycles. The van der Waals surface area contributed by atoms with Gasteiger partial charge >= 0.3 is 0 Å². The molecular weight excluding hydrogens is 563 g/mol. The predicted molar refractivity (Wildman–Crippen MR) is 143 cm³/mol. The van der Waals surface area contributed by atoms with E-state index in [-0.39, 0.29) is 5.02 Å². The minimum Gasteiger partial charge on any atom is -0.379 e. The lowest BCUT2D eigenvalue weighted by molar-refractivity contribution is 0.0359. The van der Waals surface area contributed by atoms with Crippen molar-refractivity contribution >= 4 is 55.5 Å².